The van der Waals surface area contributed by atoms with Crippen LogP contribution >= 0.6 is 34.7 Å². The van der Waals surface area contributed by atoms with Gasteiger partial charge in [-0.25, -0.2) is 9.97 Å². The van der Waals surface area contributed by atoms with Crippen LogP contribution in [0.4, 0.5) is 0 Å². The molecular formula is C19H14ClN3OS2. The molecule has 0 fully saturated rings. The molecule has 0 radical (unpaired) electrons. The highest BCUT2D eigenvalue weighted by Gasteiger charge is 2.20. The van der Waals surface area contributed by atoms with E-state index in [4.69, 9.17) is 16.6 Å². The fourth-order valence-corrected chi connectivity index (χ4v) is 4.57. The Labute approximate surface area is 163 Å². The summed E-state index contributed by atoms with van der Waals surface area (Å²) in [6.07, 6.45) is 1.94. The molecule has 0 aliphatic rings. The van der Waals surface area contributed by atoms with Gasteiger partial charge in [-0.15, -0.1) is 11.3 Å². The Morgan fingerprint density at radius 2 is 1.85 bits per heavy atom. The number of aromatic nitrogens is 3. The monoisotopic (exact) mass is 399 g/mol. The predicted molar refractivity (Wildman–Crippen MR) is 110 cm³/mol. The second-order valence-electron chi connectivity index (χ2n) is 5.68. The van der Waals surface area contributed by atoms with Crippen LogP contribution in [0.2, 0.25) is 5.02 Å². The molecule has 0 saturated heterocycles. The summed E-state index contributed by atoms with van der Waals surface area (Å²) >= 11 is 9.34. The molecule has 0 bridgehead atoms. The van der Waals surface area contributed by atoms with Crippen molar-refractivity contribution in [3.63, 3.8) is 0 Å². The third kappa shape index (κ3) is 2.84. The molecule has 7 heteroatoms. The first kappa shape index (κ1) is 17.3. The molecule has 4 rings (SSSR count). The van der Waals surface area contributed by atoms with Crippen molar-refractivity contribution in [1.29, 1.82) is 0 Å². The molecule has 0 N–H and O–H groups in total. The van der Waals surface area contributed by atoms with Crippen LogP contribution in [0.1, 0.15) is 5.56 Å². The van der Waals surface area contributed by atoms with Gasteiger partial charge in [-0.05, 0) is 24.8 Å². The first-order chi connectivity index (χ1) is 12.6. The number of benzene rings is 2. The summed E-state index contributed by atoms with van der Waals surface area (Å²) < 4.78 is 2.96. The molecule has 0 aliphatic carbocycles. The largest absolute Gasteiger partial charge is 0.278 e. The number of thioether (sulfide) groups is 1. The van der Waals surface area contributed by atoms with Crippen molar-refractivity contribution >= 4 is 45.0 Å². The van der Waals surface area contributed by atoms with E-state index in [2.05, 4.69) is 4.98 Å². The topological polar surface area (TPSA) is 47.8 Å². The van der Waals surface area contributed by atoms with Crippen molar-refractivity contribution in [2.75, 3.05) is 6.26 Å². The quantitative estimate of drug-likeness (QED) is 0.444. The smallest absolute Gasteiger partial charge is 0.267 e. The summed E-state index contributed by atoms with van der Waals surface area (Å²) in [5.74, 6) is 0.539. The van der Waals surface area contributed by atoms with E-state index >= 15 is 0 Å². The van der Waals surface area contributed by atoms with Crippen molar-refractivity contribution in [2.24, 2.45) is 0 Å². The molecule has 0 amide bonds. The second-order valence-corrected chi connectivity index (χ2v) is 8.14. The van der Waals surface area contributed by atoms with Gasteiger partial charge in [-0.1, -0.05) is 65.8 Å². The summed E-state index contributed by atoms with van der Waals surface area (Å²) in [6, 6.07) is 15.2. The van der Waals surface area contributed by atoms with Crippen LogP contribution in [-0.2, 0) is 0 Å². The Bertz CT molecular complexity index is 1150. The van der Waals surface area contributed by atoms with E-state index in [1.54, 1.807) is 10.6 Å². The summed E-state index contributed by atoms with van der Waals surface area (Å²) in [4.78, 5) is 22.6. The molecule has 0 aliphatic heterocycles. The average Bonchev–Trinajstić information content (AvgIpc) is 3.07. The summed E-state index contributed by atoms with van der Waals surface area (Å²) in [5.41, 5.74) is 2.73. The van der Waals surface area contributed by atoms with Gasteiger partial charge in [0.25, 0.3) is 5.56 Å². The van der Waals surface area contributed by atoms with Crippen LogP contribution < -0.4 is 5.56 Å². The molecule has 2 aromatic heterocycles. The van der Waals surface area contributed by atoms with Gasteiger partial charge in [-0.3, -0.25) is 9.36 Å². The zero-order valence-corrected chi connectivity index (χ0v) is 16.5. The summed E-state index contributed by atoms with van der Waals surface area (Å²) in [5, 5.41) is 0.514. The van der Waals surface area contributed by atoms with Crippen LogP contribution in [0.5, 0.6) is 0 Å². The van der Waals surface area contributed by atoms with Gasteiger partial charge in [0.1, 0.15) is 10.5 Å². The Hall–Kier alpha value is -2.15. The number of nitrogens with zero attached hydrogens (tertiary/aromatic N) is 3. The number of fused-ring (bicyclic) bond motifs is 1. The van der Waals surface area contributed by atoms with E-state index in [0.29, 0.717) is 26.9 Å². The summed E-state index contributed by atoms with van der Waals surface area (Å²) in [7, 11) is 0. The maximum Gasteiger partial charge on any atom is 0.278 e. The molecule has 4 nitrogen and oxygen atoms in total. The van der Waals surface area contributed by atoms with Crippen molar-refractivity contribution < 1.29 is 0 Å². The number of hydrogen-bond acceptors (Lipinski definition) is 5. The van der Waals surface area contributed by atoms with Crippen molar-refractivity contribution in [3.8, 4) is 17.1 Å². The maximum atomic E-state index is 13.4. The highest BCUT2D eigenvalue weighted by atomic mass is 35.5. The van der Waals surface area contributed by atoms with E-state index in [9.17, 15) is 4.79 Å². The highest BCUT2D eigenvalue weighted by molar-refractivity contribution is 8.00. The van der Waals surface area contributed by atoms with E-state index < -0.39 is 0 Å². The zero-order chi connectivity index (χ0) is 18.3. The molecule has 0 unspecified atom stereocenters. The zero-order valence-electron chi connectivity index (χ0n) is 14.1. The Morgan fingerprint density at radius 1 is 1.08 bits per heavy atom. The fourth-order valence-electron chi connectivity index (χ4n) is 2.84. The van der Waals surface area contributed by atoms with Crippen molar-refractivity contribution in [3.05, 3.63) is 69.5 Å². The molecule has 0 saturated carbocycles. The van der Waals surface area contributed by atoms with Gasteiger partial charge in [0.2, 0.25) is 0 Å². The average molecular weight is 400 g/mol. The first-order valence-corrected chi connectivity index (χ1v) is 10.3. The minimum absolute atomic E-state index is 0.150. The standard InChI is InChI=1S/C19H14ClN3OS2/c1-11-7-6-10-13(20)14(11)23-17(12-8-4-3-5-9-12)21-16-15(18(23)24)26-19(22-16)25-2/h3-10H,1-2H3. The van der Waals surface area contributed by atoms with Gasteiger partial charge in [0.05, 0.1) is 10.7 Å². The minimum Gasteiger partial charge on any atom is -0.267 e. The number of hydrogen-bond donors (Lipinski definition) is 0. The maximum absolute atomic E-state index is 13.4. The highest BCUT2D eigenvalue weighted by Crippen LogP contribution is 2.31. The van der Waals surface area contributed by atoms with Gasteiger partial charge >= 0.3 is 0 Å². The number of halogens is 1. The molecular weight excluding hydrogens is 386 g/mol. The van der Waals surface area contributed by atoms with Crippen molar-refractivity contribution in [1.82, 2.24) is 14.5 Å². The van der Waals surface area contributed by atoms with Crippen molar-refractivity contribution in [2.45, 2.75) is 11.3 Å². The molecule has 2 aromatic carbocycles. The first-order valence-electron chi connectivity index (χ1n) is 7.88. The van der Waals surface area contributed by atoms with Crippen LogP contribution in [0, 0.1) is 6.92 Å². The van der Waals surface area contributed by atoms with Gasteiger partial charge in [0, 0.05) is 5.56 Å². The van der Waals surface area contributed by atoms with Gasteiger partial charge in [-0.2, -0.15) is 0 Å². The molecule has 130 valence electrons. The Balaban J connectivity index is 2.16. The molecule has 4 aromatic rings. The van der Waals surface area contributed by atoms with E-state index in [0.717, 1.165) is 15.5 Å². The number of rotatable bonds is 3. The Morgan fingerprint density at radius 3 is 2.54 bits per heavy atom. The SMILES string of the molecule is CSc1nc2nc(-c3ccccc3)n(-c3c(C)cccc3Cl)c(=O)c2s1. The fraction of sp³-hybridized carbons (Fsp3) is 0.105. The lowest BCUT2D eigenvalue weighted by Gasteiger charge is -2.15. The summed E-state index contributed by atoms with van der Waals surface area (Å²) in [6.45, 7) is 1.94. The van der Waals surface area contributed by atoms with Crippen LogP contribution in [-0.4, -0.2) is 20.8 Å². The third-order valence-electron chi connectivity index (χ3n) is 4.03. The second kappa shape index (κ2) is 6.87. The molecule has 0 spiro atoms. The van der Waals surface area contributed by atoms with Crippen LogP contribution in [0.15, 0.2) is 57.7 Å². The van der Waals surface area contributed by atoms with E-state index in [-0.39, 0.29) is 5.56 Å². The lowest BCUT2D eigenvalue weighted by Crippen LogP contribution is -2.22. The molecule has 2 heterocycles. The number of aryl methyl sites for hydroxylation is 1. The van der Waals surface area contributed by atoms with Crippen LogP contribution in [0.3, 0.4) is 0 Å². The van der Waals surface area contributed by atoms with Gasteiger partial charge in [0.15, 0.2) is 9.99 Å². The third-order valence-corrected chi connectivity index (χ3v) is 6.35. The predicted octanol–water partition coefficient (Wildman–Crippen LogP) is 5.19. The van der Waals surface area contributed by atoms with E-state index in [1.807, 2.05) is 55.6 Å². The molecule has 0 atom stereocenters. The number of para-hydroxylation sites is 1. The van der Waals surface area contributed by atoms with E-state index in [1.165, 1.54) is 23.1 Å². The minimum atomic E-state index is -0.150. The Kier molecular flexibility index (Phi) is 4.56. The van der Waals surface area contributed by atoms with Crippen LogP contribution in [0.25, 0.3) is 27.4 Å². The molecule has 26 heavy (non-hydrogen) atoms. The lowest BCUT2D eigenvalue weighted by atomic mass is 10.1. The normalized spacial score (nSPS) is 11.2. The lowest BCUT2D eigenvalue weighted by molar-refractivity contribution is 0.963. The number of thiazole rings is 1. The van der Waals surface area contributed by atoms with Gasteiger partial charge < -0.3 is 0 Å².